The first-order valence-corrected chi connectivity index (χ1v) is 9.57. The zero-order valence-corrected chi connectivity index (χ0v) is 17.3. The van der Waals surface area contributed by atoms with Gasteiger partial charge in [-0.25, -0.2) is 0 Å². The van der Waals surface area contributed by atoms with E-state index in [4.69, 9.17) is 4.74 Å². The van der Waals surface area contributed by atoms with E-state index in [0.717, 1.165) is 22.0 Å². The first-order chi connectivity index (χ1) is 13.4. The maximum Gasteiger partial charge on any atom is 0.272 e. The predicted molar refractivity (Wildman–Crippen MR) is 117 cm³/mol. The zero-order valence-electron chi connectivity index (χ0n) is 17.3. The van der Waals surface area contributed by atoms with Crippen molar-refractivity contribution in [3.63, 3.8) is 0 Å². The van der Waals surface area contributed by atoms with Gasteiger partial charge in [-0.2, -0.15) is 0 Å². The summed E-state index contributed by atoms with van der Waals surface area (Å²) in [6, 6.07) is 12.2. The lowest BCUT2D eigenvalue weighted by Gasteiger charge is -2.13. The minimum Gasteiger partial charge on any atom is -0.495 e. The van der Waals surface area contributed by atoms with Crippen molar-refractivity contribution in [3.8, 4) is 5.75 Å². The summed E-state index contributed by atoms with van der Waals surface area (Å²) in [6.45, 7) is 12.8. The van der Waals surface area contributed by atoms with Gasteiger partial charge in [0.05, 0.1) is 12.8 Å². The van der Waals surface area contributed by atoms with Crippen molar-refractivity contribution in [2.45, 2.75) is 40.2 Å². The van der Waals surface area contributed by atoms with Crippen LogP contribution in [0.3, 0.4) is 0 Å². The van der Waals surface area contributed by atoms with Gasteiger partial charge in [-0.15, -0.1) is 6.58 Å². The van der Waals surface area contributed by atoms with Gasteiger partial charge in [0.15, 0.2) is 0 Å². The summed E-state index contributed by atoms with van der Waals surface area (Å²) in [5.41, 5.74) is 5.66. The SMILES string of the molecule is C=CCn1c(C(=O)Nc2cc(C)ccc2OC)c(C)c2cc(C(C)C)ccc21. The van der Waals surface area contributed by atoms with E-state index >= 15 is 0 Å². The number of carbonyl (C=O) groups excluding carboxylic acids is 1. The number of ether oxygens (including phenoxy) is 1. The van der Waals surface area contributed by atoms with Crippen LogP contribution in [0.25, 0.3) is 10.9 Å². The molecule has 0 fully saturated rings. The number of carbonyl (C=O) groups is 1. The molecule has 28 heavy (non-hydrogen) atoms. The van der Waals surface area contributed by atoms with Gasteiger partial charge in [0.2, 0.25) is 0 Å². The van der Waals surface area contributed by atoms with Crippen molar-refractivity contribution in [1.29, 1.82) is 0 Å². The van der Waals surface area contributed by atoms with Crippen LogP contribution < -0.4 is 10.1 Å². The molecule has 0 unspecified atom stereocenters. The largest absolute Gasteiger partial charge is 0.495 e. The third kappa shape index (κ3) is 3.55. The number of nitrogens with zero attached hydrogens (tertiary/aromatic N) is 1. The van der Waals surface area contributed by atoms with Crippen molar-refractivity contribution in [2.75, 3.05) is 12.4 Å². The van der Waals surface area contributed by atoms with E-state index < -0.39 is 0 Å². The molecule has 0 aliphatic rings. The van der Waals surface area contributed by atoms with Gasteiger partial charge >= 0.3 is 0 Å². The summed E-state index contributed by atoms with van der Waals surface area (Å²) in [5.74, 6) is 0.927. The number of nitrogens with one attached hydrogen (secondary N) is 1. The van der Waals surface area contributed by atoms with Crippen LogP contribution in [0.5, 0.6) is 5.75 Å². The van der Waals surface area contributed by atoms with Crippen molar-refractivity contribution in [1.82, 2.24) is 4.57 Å². The first-order valence-electron chi connectivity index (χ1n) is 9.57. The molecule has 2 aromatic carbocycles. The van der Waals surface area contributed by atoms with Crippen LogP contribution in [0.15, 0.2) is 49.1 Å². The Morgan fingerprint density at radius 3 is 2.61 bits per heavy atom. The van der Waals surface area contributed by atoms with Crippen molar-refractivity contribution in [3.05, 3.63) is 71.4 Å². The number of aryl methyl sites for hydroxylation is 2. The molecule has 1 amide bonds. The van der Waals surface area contributed by atoms with Crippen LogP contribution in [0, 0.1) is 13.8 Å². The average Bonchev–Trinajstić information content (AvgIpc) is 2.94. The molecule has 3 aromatic rings. The lowest BCUT2D eigenvalue weighted by molar-refractivity contribution is 0.101. The van der Waals surface area contributed by atoms with Crippen LogP contribution >= 0.6 is 0 Å². The Balaban J connectivity index is 2.12. The number of hydrogen-bond acceptors (Lipinski definition) is 2. The van der Waals surface area contributed by atoms with E-state index in [9.17, 15) is 4.79 Å². The maximum absolute atomic E-state index is 13.3. The lowest BCUT2D eigenvalue weighted by atomic mass is 10.0. The van der Waals surface area contributed by atoms with E-state index in [1.165, 1.54) is 5.56 Å². The Morgan fingerprint density at radius 2 is 1.96 bits per heavy atom. The zero-order chi connectivity index (χ0) is 20.4. The quantitative estimate of drug-likeness (QED) is 0.550. The molecule has 0 spiro atoms. The molecule has 0 aliphatic heterocycles. The molecular weight excluding hydrogens is 348 g/mol. The van der Waals surface area contributed by atoms with E-state index in [2.05, 4.69) is 43.9 Å². The van der Waals surface area contributed by atoms with Gasteiger partial charge in [0.1, 0.15) is 11.4 Å². The number of benzene rings is 2. The molecule has 4 heteroatoms. The second kappa shape index (κ2) is 7.93. The van der Waals surface area contributed by atoms with Crippen molar-refractivity contribution >= 4 is 22.5 Å². The highest BCUT2D eigenvalue weighted by molar-refractivity contribution is 6.09. The molecule has 1 N–H and O–H groups in total. The normalized spacial score (nSPS) is 11.1. The number of anilines is 1. The number of aromatic nitrogens is 1. The Hall–Kier alpha value is -3.01. The van der Waals surface area contributed by atoms with E-state index in [1.54, 1.807) is 7.11 Å². The maximum atomic E-state index is 13.3. The molecule has 4 nitrogen and oxygen atoms in total. The standard InChI is InChI=1S/C24H28N2O2/c1-7-12-26-21-10-9-18(15(2)3)14-19(21)17(5)23(26)24(27)25-20-13-16(4)8-11-22(20)28-6/h7-11,13-15H,1,12H2,2-6H3,(H,25,27). The third-order valence-corrected chi connectivity index (χ3v) is 5.14. The molecule has 0 radical (unpaired) electrons. The van der Waals surface area contributed by atoms with E-state index in [0.29, 0.717) is 29.6 Å². The highest BCUT2D eigenvalue weighted by atomic mass is 16.5. The Labute approximate surface area is 166 Å². The number of methoxy groups -OCH3 is 1. The van der Waals surface area contributed by atoms with Gasteiger partial charge in [-0.05, 0) is 60.7 Å². The van der Waals surface area contributed by atoms with Crippen LogP contribution in [0.4, 0.5) is 5.69 Å². The monoisotopic (exact) mass is 376 g/mol. The molecule has 0 saturated heterocycles. The fourth-order valence-corrected chi connectivity index (χ4v) is 3.61. The molecule has 1 aromatic heterocycles. The van der Waals surface area contributed by atoms with Gasteiger partial charge in [0, 0.05) is 17.4 Å². The Bertz CT molecular complexity index is 1040. The molecule has 1 heterocycles. The number of fused-ring (bicyclic) bond motifs is 1. The van der Waals surface area contributed by atoms with Gasteiger partial charge in [-0.1, -0.05) is 32.1 Å². The molecule has 146 valence electrons. The summed E-state index contributed by atoms with van der Waals surface area (Å²) in [4.78, 5) is 13.3. The van der Waals surface area contributed by atoms with Gasteiger partial charge in [-0.3, -0.25) is 4.79 Å². The smallest absolute Gasteiger partial charge is 0.272 e. The van der Waals surface area contributed by atoms with Crippen LogP contribution in [0.1, 0.15) is 46.9 Å². The second-order valence-corrected chi connectivity index (χ2v) is 7.46. The van der Waals surface area contributed by atoms with Gasteiger partial charge < -0.3 is 14.6 Å². The topological polar surface area (TPSA) is 43.3 Å². The number of amides is 1. The average molecular weight is 377 g/mol. The highest BCUT2D eigenvalue weighted by Crippen LogP contribution is 2.31. The Morgan fingerprint density at radius 1 is 1.21 bits per heavy atom. The summed E-state index contributed by atoms with van der Waals surface area (Å²) >= 11 is 0. The van der Waals surface area contributed by atoms with Crippen LogP contribution in [-0.4, -0.2) is 17.6 Å². The van der Waals surface area contributed by atoms with Crippen molar-refractivity contribution in [2.24, 2.45) is 0 Å². The van der Waals surface area contributed by atoms with Crippen molar-refractivity contribution < 1.29 is 9.53 Å². The summed E-state index contributed by atoms with van der Waals surface area (Å²) < 4.78 is 7.44. The van der Waals surface area contributed by atoms with Crippen LogP contribution in [0.2, 0.25) is 0 Å². The molecule has 0 atom stereocenters. The first kappa shape index (κ1) is 19.7. The second-order valence-electron chi connectivity index (χ2n) is 7.46. The highest BCUT2D eigenvalue weighted by Gasteiger charge is 2.21. The minimum absolute atomic E-state index is 0.148. The van der Waals surface area contributed by atoms with Crippen LogP contribution in [-0.2, 0) is 6.54 Å². The molecule has 3 rings (SSSR count). The lowest BCUT2D eigenvalue weighted by Crippen LogP contribution is -2.18. The minimum atomic E-state index is -0.148. The number of hydrogen-bond donors (Lipinski definition) is 1. The number of rotatable bonds is 6. The molecule has 0 aliphatic carbocycles. The number of allylic oxidation sites excluding steroid dienone is 1. The van der Waals surface area contributed by atoms with E-state index in [-0.39, 0.29) is 5.91 Å². The third-order valence-electron chi connectivity index (χ3n) is 5.14. The summed E-state index contributed by atoms with van der Waals surface area (Å²) in [5, 5.41) is 4.14. The molecule has 0 bridgehead atoms. The molecular formula is C24H28N2O2. The summed E-state index contributed by atoms with van der Waals surface area (Å²) in [6.07, 6.45) is 1.82. The fourth-order valence-electron chi connectivity index (χ4n) is 3.61. The fraction of sp³-hybridized carbons (Fsp3) is 0.292. The summed E-state index contributed by atoms with van der Waals surface area (Å²) in [7, 11) is 1.60. The predicted octanol–water partition coefficient (Wildman–Crippen LogP) is 5.83. The molecule has 0 saturated carbocycles. The van der Waals surface area contributed by atoms with Gasteiger partial charge in [0.25, 0.3) is 5.91 Å². The van der Waals surface area contributed by atoms with E-state index in [1.807, 2.05) is 42.7 Å². The Kier molecular flexibility index (Phi) is 5.59.